The lowest BCUT2D eigenvalue weighted by atomic mass is 10.2. The Morgan fingerprint density at radius 3 is 2.92 bits per heavy atom. The van der Waals surface area contributed by atoms with Gasteiger partial charge in [0.15, 0.2) is 0 Å². The summed E-state index contributed by atoms with van der Waals surface area (Å²) in [4.78, 5) is 11.0. The van der Waals surface area contributed by atoms with E-state index in [0.29, 0.717) is 17.3 Å². The second-order valence-electron chi connectivity index (χ2n) is 5.81. The van der Waals surface area contributed by atoms with Crippen LogP contribution in [0.4, 0.5) is 11.6 Å². The number of hydrogen-bond acceptors (Lipinski definition) is 8. The van der Waals surface area contributed by atoms with Gasteiger partial charge in [0.25, 0.3) is 0 Å². The average Bonchev–Trinajstić information content (AvgIpc) is 2.67. The Morgan fingerprint density at radius 1 is 1.36 bits per heavy atom. The minimum absolute atomic E-state index is 0.0620. The van der Waals surface area contributed by atoms with Crippen molar-refractivity contribution < 1.29 is 5.11 Å². The Labute approximate surface area is 151 Å². The largest absolute Gasteiger partial charge is 0.390 e. The number of aromatic nitrogens is 2. The number of piperazine rings is 1. The summed E-state index contributed by atoms with van der Waals surface area (Å²) >= 11 is 1.53. The molecule has 0 saturated carbocycles. The van der Waals surface area contributed by atoms with Gasteiger partial charge in [0, 0.05) is 44.0 Å². The first kappa shape index (κ1) is 17.5. The van der Waals surface area contributed by atoms with Crippen molar-refractivity contribution in [2.75, 3.05) is 29.3 Å². The molecule has 0 aliphatic carbocycles. The van der Waals surface area contributed by atoms with Crippen molar-refractivity contribution >= 4 is 23.8 Å². The third kappa shape index (κ3) is 4.39. The molecule has 0 bridgehead atoms. The Morgan fingerprint density at radius 2 is 2.24 bits per heavy atom. The number of pyridine rings is 2. The molecule has 1 aliphatic heterocycles. The lowest BCUT2D eigenvalue weighted by Gasteiger charge is -2.39. The smallest absolute Gasteiger partial charge is 0.137 e. The van der Waals surface area contributed by atoms with Crippen LogP contribution < -0.4 is 9.62 Å². The molecule has 1 aliphatic rings. The lowest BCUT2D eigenvalue weighted by Crippen LogP contribution is -2.50. The second kappa shape index (κ2) is 8.16. The summed E-state index contributed by atoms with van der Waals surface area (Å²) in [6.45, 7) is 4.71. The molecule has 1 atom stereocenters. The van der Waals surface area contributed by atoms with Crippen molar-refractivity contribution in [2.45, 2.75) is 19.6 Å². The Hall–Kier alpha value is -2.34. The molecule has 0 amide bonds. The van der Waals surface area contributed by atoms with Crippen molar-refractivity contribution in [3.05, 3.63) is 47.8 Å². The summed E-state index contributed by atoms with van der Waals surface area (Å²) in [6, 6.07) is 11.7. The number of nitrogens with zero attached hydrogens (tertiary/aromatic N) is 5. The lowest BCUT2D eigenvalue weighted by molar-refractivity contribution is 0.277. The van der Waals surface area contributed by atoms with Crippen LogP contribution in [0.5, 0.6) is 0 Å². The minimum atomic E-state index is -0.0620. The van der Waals surface area contributed by atoms with Crippen molar-refractivity contribution in [1.82, 2.24) is 14.3 Å². The maximum Gasteiger partial charge on any atom is 0.137 e. The second-order valence-corrected chi connectivity index (χ2v) is 6.72. The van der Waals surface area contributed by atoms with Gasteiger partial charge in [0.2, 0.25) is 0 Å². The van der Waals surface area contributed by atoms with Gasteiger partial charge in [-0.15, -0.1) is 0 Å². The molecular weight excluding hydrogens is 336 g/mol. The summed E-state index contributed by atoms with van der Waals surface area (Å²) in [5, 5.41) is 18.0. The van der Waals surface area contributed by atoms with E-state index in [2.05, 4.69) is 36.9 Å². The van der Waals surface area contributed by atoms with E-state index in [4.69, 9.17) is 10.4 Å². The molecule has 2 aromatic heterocycles. The molecule has 25 heavy (non-hydrogen) atoms. The molecule has 2 aromatic rings. The van der Waals surface area contributed by atoms with Crippen molar-refractivity contribution in [3.8, 4) is 6.07 Å². The van der Waals surface area contributed by atoms with Crippen LogP contribution in [0.1, 0.15) is 18.2 Å². The van der Waals surface area contributed by atoms with Crippen LogP contribution in [0.3, 0.4) is 0 Å². The highest BCUT2D eigenvalue weighted by Gasteiger charge is 2.25. The predicted molar refractivity (Wildman–Crippen MR) is 98.7 cm³/mol. The van der Waals surface area contributed by atoms with E-state index in [0.717, 1.165) is 31.3 Å². The molecule has 130 valence electrons. The van der Waals surface area contributed by atoms with Crippen LogP contribution in [-0.2, 0) is 6.61 Å². The van der Waals surface area contributed by atoms with Crippen LogP contribution in [0.25, 0.3) is 0 Å². The first-order chi connectivity index (χ1) is 12.2. The minimum Gasteiger partial charge on any atom is -0.390 e. The molecule has 3 rings (SSSR count). The number of anilines is 2. The average molecular weight is 356 g/mol. The van der Waals surface area contributed by atoms with Crippen molar-refractivity contribution in [1.29, 1.82) is 5.26 Å². The standard InChI is InChI=1S/C17H20N6OS/c1-13-11-22(25-21-16-4-2-3-15(12-24)20-16)7-8-23(13)17-6-5-14(9-18)10-19-17/h2-6,10,13,24H,7-8,11-12H2,1H3,(H,20,21). The highest BCUT2D eigenvalue weighted by molar-refractivity contribution is 7.98. The fourth-order valence-corrected chi connectivity index (χ4v) is 3.50. The molecular formula is C17H20N6OS. The van der Waals surface area contributed by atoms with Gasteiger partial charge in [-0.1, -0.05) is 6.07 Å². The summed E-state index contributed by atoms with van der Waals surface area (Å²) in [5.41, 5.74) is 1.23. The summed E-state index contributed by atoms with van der Waals surface area (Å²) in [6.07, 6.45) is 1.62. The zero-order valence-corrected chi connectivity index (χ0v) is 14.8. The summed E-state index contributed by atoms with van der Waals surface area (Å²) in [7, 11) is 0. The van der Waals surface area contributed by atoms with Gasteiger partial charge in [0.1, 0.15) is 17.7 Å². The maximum absolute atomic E-state index is 9.15. The molecule has 3 heterocycles. The molecule has 1 saturated heterocycles. The number of rotatable bonds is 5. The highest BCUT2D eigenvalue weighted by Crippen LogP contribution is 2.23. The zero-order chi connectivity index (χ0) is 17.6. The normalized spacial score (nSPS) is 18.0. The summed E-state index contributed by atoms with van der Waals surface area (Å²) in [5.74, 6) is 1.64. The number of nitrogens with one attached hydrogen (secondary N) is 1. The number of nitriles is 1. The van der Waals surface area contributed by atoms with E-state index in [1.807, 2.05) is 18.2 Å². The number of aliphatic hydroxyl groups is 1. The quantitative estimate of drug-likeness (QED) is 0.787. The van der Waals surface area contributed by atoms with E-state index in [1.54, 1.807) is 18.3 Å². The Balaban J connectivity index is 1.55. The maximum atomic E-state index is 9.15. The van der Waals surface area contributed by atoms with Gasteiger partial charge >= 0.3 is 0 Å². The van der Waals surface area contributed by atoms with Gasteiger partial charge in [-0.05, 0) is 31.2 Å². The first-order valence-electron chi connectivity index (χ1n) is 8.07. The Kier molecular flexibility index (Phi) is 5.71. The van der Waals surface area contributed by atoms with Crippen LogP contribution in [-0.4, -0.2) is 45.1 Å². The van der Waals surface area contributed by atoms with Gasteiger partial charge < -0.3 is 14.7 Å². The first-order valence-corrected chi connectivity index (χ1v) is 8.84. The van der Waals surface area contributed by atoms with Crippen molar-refractivity contribution in [2.24, 2.45) is 0 Å². The van der Waals surface area contributed by atoms with E-state index in [1.165, 1.54) is 12.1 Å². The SMILES string of the molecule is CC1CN(SNc2cccc(CO)n2)CCN1c1ccc(C#N)cn1. The monoisotopic (exact) mass is 356 g/mol. The van der Waals surface area contributed by atoms with Gasteiger partial charge in [-0.2, -0.15) is 5.26 Å². The fraction of sp³-hybridized carbons (Fsp3) is 0.353. The molecule has 0 aromatic carbocycles. The predicted octanol–water partition coefficient (Wildman–Crippen LogP) is 2.03. The molecule has 1 fully saturated rings. The van der Waals surface area contributed by atoms with Gasteiger partial charge in [-0.3, -0.25) is 0 Å². The molecule has 1 unspecified atom stereocenters. The van der Waals surface area contributed by atoms with E-state index in [9.17, 15) is 0 Å². The van der Waals surface area contributed by atoms with Crippen molar-refractivity contribution in [3.63, 3.8) is 0 Å². The molecule has 2 N–H and O–H groups in total. The van der Waals surface area contributed by atoms with Crippen LogP contribution in [0.2, 0.25) is 0 Å². The number of aliphatic hydroxyl groups excluding tert-OH is 1. The number of hydrogen-bond donors (Lipinski definition) is 2. The summed E-state index contributed by atoms with van der Waals surface area (Å²) < 4.78 is 5.48. The van der Waals surface area contributed by atoms with Crippen LogP contribution in [0, 0.1) is 11.3 Å². The zero-order valence-electron chi connectivity index (χ0n) is 14.0. The van der Waals surface area contributed by atoms with Gasteiger partial charge in [-0.25, -0.2) is 14.3 Å². The van der Waals surface area contributed by atoms with Crippen LogP contribution in [0.15, 0.2) is 36.5 Å². The third-order valence-electron chi connectivity index (χ3n) is 4.01. The Bertz CT molecular complexity index is 748. The molecule has 7 nitrogen and oxygen atoms in total. The van der Waals surface area contributed by atoms with Crippen LogP contribution >= 0.6 is 12.1 Å². The molecule has 0 spiro atoms. The molecule has 8 heteroatoms. The topological polar surface area (TPSA) is 88.3 Å². The highest BCUT2D eigenvalue weighted by atomic mass is 32.2. The van der Waals surface area contributed by atoms with E-state index in [-0.39, 0.29) is 6.61 Å². The van der Waals surface area contributed by atoms with Gasteiger partial charge in [0.05, 0.1) is 17.9 Å². The van der Waals surface area contributed by atoms with E-state index >= 15 is 0 Å². The molecule has 0 radical (unpaired) electrons. The third-order valence-corrected chi connectivity index (χ3v) is 4.90. The van der Waals surface area contributed by atoms with E-state index < -0.39 is 0 Å². The fourth-order valence-electron chi connectivity index (χ4n) is 2.71.